The van der Waals surface area contributed by atoms with Crippen molar-refractivity contribution >= 4 is 6.21 Å². The molecule has 0 fully saturated rings. The molecule has 0 radical (unpaired) electrons. The highest BCUT2D eigenvalue weighted by molar-refractivity contribution is 5.60. The third kappa shape index (κ3) is 11.1. The fraction of sp³-hybridized carbons (Fsp3) is 0.889. The number of aliphatic hydroxyl groups is 1. The van der Waals surface area contributed by atoms with E-state index in [2.05, 4.69) is 31.0 Å². The van der Waals surface area contributed by atoms with Crippen LogP contribution in [0, 0.1) is 0 Å². The number of hydrogen-bond donors (Lipinski definition) is 1. The number of unbranched alkanes of at least 4 members (excludes halogenated alkanes) is 14. The van der Waals surface area contributed by atoms with Gasteiger partial charge in [-0.2, -0.15) is 0 Å². The van der Waals surface area contributed by atoms with Crippen LogP contribution in [0.3, 0.4) is 0 Å². The number of nitrogens with zero attached hydrogens (tertiary/aromatic N) is 2. The molecule has 0 aromatic heterocycles. The van der Waals surface area contributed by atoms with Gasteiger partial charge in [0.15, 0.2) is 12.4 Å². The predicted molar refractivity (Wildman–Crippen MR) is 133 cm³/mol. The lowest BCUT2D eigenvalue weighted by atomic mass is 10.1. The zero-order valence-corrected chi connectivity index (χ0v) is 20.7. The first kappa shape index (κ1) is 27.4. The molecule has 1 heterocycles. The van der Waals surface area contributed by atoms with Gasteiger partial charge in [-0.15, -0.1) is 0 Å². The summed E-state index contributed by atoms with van der Waals surface area (Å²) in [6, 6.07) is 0. The van der Waals surface area contributed by atoms with Crippen LogP contribution in [0.1, 0.15) is 130 Å². The number of quaternary nitrogens is 1. The zero-order chi connectivity index (χ0) is 21.9. The molecule has 1 aliphatic rings. The largest absolute Gasteiger partial charge is 0.345 e. The van der Waals surface area contributed by atoms with Crippen LogP contribution in [0.15, 0.2) is 17.1 Å². The van der Waals surface area contributed by atoms with Crippen molar-refractivity contribution in [1.29, 1.82) is 0 Å². The fourth-order valence-electron chi connectivity index (χ4n) is 4.84. The summed E-state index contributed by atoms with van der Waals surface area (Å²) >= 11 is 0. The second-order valence-electron chi connectivity index (χ2n) is 9.48. The van der Waals surface area contributed by atoms with Gasteiger partial charge in [0.25, 0.3) is 0 Å². The van der Waals surface area contributed by atoms with Gasteiger partial charge in [-0.05, 0) is 39.0 Å². The molecule has 0 spiro atoms. The van der Waals surface area contributed by atoms with Crippen LogP contribution in [0.2, 0.25) is 0 Å². The quantitative estimate of drug-likeness (QED) is 0.121. The van der Waals surface area contributed by atoms with Crippen LogP contribution in [0.4, 0.5) is 0 Å². The molecule has 0 bridgehead atoms. The predicted octanol–water partition coefficient (Wildman–Crippen LogP) is 7.78. The first-order valence-corrected chi connectivity index (χ1v) is 13.4. The summed E-state index contributed by atoms with van der Waals surface area (Å²) in [7, 11) is 0. The molecule has 0 amide bonds. The maximum absolute atomic E-state index is 10.2. The Bertz CT molecular complexity index is 446. The van der Waals surface area contributed by atoms with Gasteiger partial charge in [0, 0.05) is 13.3 Å². The molecule has 3 unspecified atom stereocenters. The molecule has 1 aliphatic heterocycles. The van der Waals surface area contributed by atoms with Gasteiger partial charge >= 0.3 is 0 Å². The minimum Gasteiger partial charge on any atom is -0.345 e. The molecule has 30 heavy (non-hydrogen) atoms. The van der Waals surface area contributed by atoms with Gasteiger partial charge in [-0.25, -0.2) is 4.99 Å². The van der Waals surface area contributed by atoms with E-state index in [4.69, 9.17) is 0 Å². The molecular weight excluding hydrogens is 368 g/mol. The summed E-state index contributed by atoms with van der Waals surface area (Å²) in [5, 5.41) is 10.2. The number of aliphatic hydroxyl groups excluding tert-OH is 1. The molecule has 0 aromatic rings. The van der Waals surface area contributed by atoms with Crippen molar-refractivity contribution in [3.63, 3.8) is 0 Å². The van der Waals surface area contributed by atoms with E-state index >= 15 is 0 Å². The van der Waals surface area contributed by atoms with Crippen LogP contribution >= 0.6 is 0 Å². The molecule has 0 saturated heterocycles. The minimum atomic E-state index is -0.314. The van der Waals surface area contributed by atoms with Crippen LogP contribution < -0.4 is 0 Å². The molecule has 3 nitrogen and oxygen atoms in total. The highest BCUT2D eigenvalue weighted by Gasteiger charge is 2.41. The second kappa shape index (κ2) is 18.0. The number of aliphatic imine (C=N–C) groups is 1. The lowest BCUT2D eigenvalue weighted by molar-refractivity contribution is -0.976. The molecule has 0 aromatic carbocycles. The van der Waals surface area contributed by atoms with Crippen LogP contribution in [-0.4, -0.2) is 41.3 Å². The summed E-state index contributed by atoms with van der Waals surface area (Å²) < 4.78 is 0.741. The van der Waals surface area contributed by atoms with Crippen LogP contribution in [-0.2, 0) is 0 Å². The second-order valence-corrected chi connectivity index (χ2v) is 9.48. The molecule has 3 heteroatoms. The molecule has 1 N–H and O–H groups in total. The van der Waals surface area contributed by atoms with E-state index < -0.39 is 0 Å². The maximum atomic E-state index is 10.2. The van der Waals surface area contributed by atoms with Gasteiger partial charge in [0.05, 0.1) is 12.8 Å². The molecule has 0 saturated carbocycles. The van der Waals surface area contributed by atoms with Crippen molar-refractivity contribution in [1.82, 2.24) is 0 Å². The van der Waals surface area contributed by atoms with Gasteiger partial charge in [-0.3, -0.25) is 4.48 Å². The number of allylic oxidation sites excluding steroid dienone is 2. The third-order valence-corrected chi connectivity index (χ3v) is 7.10. The monoisotopic (exact) mass is 421 g/mol. The van der Waals surface area contributed by atoms with Crippen molar-refractivity contribution in [2.45, 2.75) is 142 Å². The summed E-state index contributed by atoms with van der Waals surface area (Å²) in [5.41, 5.74) is 0. The molecule has 3 atom stereocenters. The van der Waals surface area contributed by atoms with Gasteiger partial charge in [0.2, 0.25) is 0 Å². The Morgan fingerprint density at radius 1 is 0.833 bits per heavy atom. The Morgan fingerprint density at radius 2 is 1.33 bits per heavy atom. The van der Waals surface area contributed by atoms with E-state index in [1.807, 2.05) is 13.1 Å². The fourth-order valence-corrected chi connectivity index (χ4v) is 4.84. The highest BCUT2D eigenvalue weighted by atomic mass is 16.3. The van der Waals surface area contributed by atoms with Crippen molar-refractivity contribution in [2.75, 3.05) is 13.1 Å². The van der Waals surface area contributed by atoms with E-state index in [-0.39, 0.29) is 12.4 Å². The van der Waals surface area contributed by atoms with Crippen LogP contribution in [0.25, 0.3) is 0 Å². The van der Waals surface area contributed by atoms with Crippen molar-refractivity contribution in [3.8, 4) is 0 Å². The summed E-state index contributed by atoms with van der Waals surface area (Å²) in [6.07, 6.45) is 29.8. The molecule has 1 rings (SSSR count). The van der Waals surface area contributed by atoms with Gasteiger partial charge in [-0.1, -0.05) is 89.7 Å². The summed E-state index contributed by atoms with van der Waals surface area (Å²) in [6.45, 7) is 8.25. The third-order valence-electron chi connectivity index (χ3n) is 7.10. The average Bonchev–Trinajstić information content (AvgIpc) is 3.17. The van der Waals surface area contributed by atoms with E-state index in [0.717, 1.165) is 24.0 Å². The summed E-state index contributed by atoms with van der Waals surface area (Å²) in [5.74, 6) is 0. The maximum Gasteiger partial charge on any atom is 0.189 e. The smallest absolute Gasteiger partial charge is 0.189 e. The number of rotatable bonds is 20. The first-order chi connectivity index (χ1) is 14.7. The normalized spacial score (nSPS) is 22.3. The zero-order valence-electron chi connectivity index (χ0n) is 20.7. The van der Waals surface area contributed by atoms with Crippen molar-refractivity contribution < 1.29 is 9.59 Å². The topological polar surface area (TPSA) is 32.6 Å². The molecular formula is C27H53N2O+. The lowest BCUT2D eigenvalue weighted by Crippen LogP contribution is -2.57. The van der Waals surface area contributed by atoms with Gasteiger partial charge < -0.3 is 5.11 Å². The minimum absolute atomic E-state index is 0.279. The Labute approximate surface area is 188 Å². The first-order valence-electron chi connectivity index (χ1n) is 13.4. The summed E-state index contributed by atoms with van der Waals surface area (Å²) in [4.78, 5) is 4.68. The van der Waals surface area contributed by atoms with Crippen molar-refractivity contribution in [3.05, 3.63) is 12.2 Å². The Kier molecular flexibility index (Phi) is 16.4. The highest BCUT2D eigenvalue weighted by Crippen LogP contribution is 2.26. The average molecular weight is 422 g/mol. The SMILES string of the molecule is CCCCCCCCCC/C=C/CCCCCCCCC1N=CC[N+]1(CC)C(C)O. The van der Waals surface area contributed by atoms with Gasteiger partial charge in [0.1, 0.15) is 6.54 Å². The van der Waals surface area contributed by atoms with E-state index in [1.165, 1.54) is 103 Å². The van der Waals surface area contributed by atoms with E-state index in [0.29, 0.717) is 0 Å². The number of hydrogen-bond acceptors (Lipinski definition) is 2. The van der Waals surface area contributed by atoms with Crippen molar-refractivity contribution in [2.24, 2.45) is 4.99 Å². The van der Waals surface area contributed by atoms with E-state index in [1.54, 1.807) is 0 Å². The van der Waals surface area contributed by atoms with E-state index in [9.17, 15) is 5.11 Å². The molecule has 0 aliphatic carbocycles. The Balaban J connectivity index is 1.88. The lowest BCUT2D eigenvalue weighted by Gasteiger charge is -2.40. The standard InChI is InChI=1S/C27H53N2O/c1-4-6-7-8-9-10-11-12-13-14-15-16-17-18-19-20-21-22-23-27-28-24-25-29(27,5-2)26(3)30/h14-15,24,26-27,30H,4-13,16-23,25H2,1-3H3/q+1/b15-14+. The molecule has 176 valence electrons. The Morgan fingerprint density at radius 3 is 1.83 bits per heavy atom. The van der Waals surface area contributed by atoms with Crippen LogP contribution in [0.5, 0.6) is 0 Å². The Hall–Kier alpha value is -0.670.